The van der Waals surface area contributed by atoms with Crippen LogP contribution in [0, 0.1) is 5.82 Å². The largest absolute Gasteiger partial charge is 0.347 e. The number of hydrogen-bond acceptors (Lipinski definition) is 5. The number of morpholine rings is 1. The Labute approximate surface area is 146 Å². The average Bonchev–Trinajstić information content (AvgIpc) is 2.78. The minimum atomic E-state index is -4.02. The van der Waals surface area contributed by atoms with Gasteiger partial charge in [-0.3, -0.25) is 4.79 Å². The first-order chi connectivity index (χ1) is 11.8. The minimum Gasteiger partial charge on any atom is -0.347 e. The Morgan fingerprint density at radius 2 is 1.88 bits per heavy atom. The molecule has 1 aromatic rings. The highest BCUT2D eigenvalue weighted by Gasteiger charge is 2.45. The van der Waals surface area contributed by atoms with E-state index < -0.39 is 21.6 Å². The Hall–Kier alpha value is -1.55. The zero-order valence-corrected chi connectivity index (χ0v) is 14.8. The first-order valence-electron chi connectivity index (χ1n) is 8.12. The van der Waals surface area contributed by atoms with E-state index in [2.05, 4.69) is 0 Å². The molecule has 1 aromatic carbocycles. The number of nitrogens with zero attached hydrogens (tertiary/aromatic N) is 2. The Bertz CT molecular complexity index is 757. The Morgan fingerprint density at radius 1 is 1.16 bits per heavy atom. The van der Waals surface area contributed by atoms with Crippen LogP contribution in [-0.2, 0) is 24.3 Å². The molecule has 0 radical (unpaired) electrons. The van der Waals surface area contributed by atoms with Crippen molar-refractivity contribution < 1.29 is 27.1 Å². The van der Waals surface area contributed by atoms with Crippen LogP contribution in [0.25, 0.3) is 0 Å². The van der Waals surface area contributed by atoms with E-state index in [9.17, 15) is 17.6 Å². The molecule has 2 aliphatic rings. The minimum absolute atomic E-state index is 0.0898. The average molecular weight is 372 g/mol. The van der Waals surface area contributed by atoms with Crippen molar-refractivity contribution in [2.75, 3.05) is 39.4 Å². The molecule has 138 valence electrons. The van der Waals surface area contributed by atoms with Gasteiger partial charge >= 0.3 is 0 Å². The summed E-state index contributed by atoms with van der Waals surface area (Å²) in [4.78, 5) is 13.0. The van der Waals surface area contributed by atoms with Crippen LogP contribution in [0.15, 0.2) is 29.2 Å². The van der Waals surface area contributed by atoms with E-state index in [1.807, 2.05) is 0 Å². The van der Waals surface area contributed by atoms with E-state index in [0.29, 0.717) is 19.6 Å². The molecule has 1 spiro atoms. The van der Waals surface area contributed by atoms with Gasteiger partial charge in [-0.25, -0.2) is 12.8 Å². The molecule has 0 aliphatic carbocycles. The van der Waals surface area contributed by atoms with E-state index in [1.165, 1.54) is 29.4 Å². The van der Waals surface area contributed by atoms with Crippen LogP contribution in [-0.4, -0.2) is 68.7 Å². The highest BCUT2D eigenvalue weighted by atomic mass is 32.2. The van der Waals surface area contributed by atoms with Crippen molar-refractivity contribution in [3.05, 3.63) is 30.1 Å². The fraction of sp³-hybridized carbons (Fsp3) is 0.562. The summed E-state index contributed by atoms with van der Waals surface area (Å²) in [6.45, 7) is 2.61. The number of sulfonamides is 1. The highest BCUT2D eigenvalue weighted by Crippen LogP contribution is 2.28. The first kappa shape index (κ1) is 18.2. The third-order valence-corrected chi connectivity index (χ3v) is 6.27. The van der Waals surface area contributed by atoms with Gasteiger partial charge < -0.3 is 14.4 Å². The number of amides is 1. The lowest BCUT2D eigenvalue weighted by molar-refractivity contribution is -0.256. The summed E-state index contributed by atoms with van der Waals surface area (Å²) in [5.74, 6) is -2.14. The van der Waals surface area contributed by atoms with Gasteiger partial charge in [-0.1, -0.05) is 12.1 Å². The molecule has 0 bridgehead atoms. The normalized spacial score (nSPS) is 25.8. The van der Waals surface area contributed by atoms with Gasteiger partial charge in [-0.2, -0.15) is 4.31 Å². The summed E-state index contributed by atoms with van der Waals surface area (Å²) in [5.41, 5.74) is 0. The van der Waals surface area contributed by atoms with E-state index in [1.54, 1.807) is 4.90 Å². The SMILES string of the molecule is CC(=O)N1CCCOC2(C1)CN(S(=O)(=O)c1ccccc1F)CCO2. The molecule has 9 heteroatoms. The maximum absolute atomic E-state index is 14.0. The van der Waals surface area contributed by atoms with Crippen LogP contribution in [0.1, 0.15) is 13.3 Å². The summed E-state index contributed by atoms with van der Waals surface area (Å²) >= 11 is 0. The summed E-state index contributed by atoms with van der Waals surface area (Å²) in [6.07, 6.45) is 0.644. The second-order valence-corrected chi connectivity index (χ2v) is 8.08. The summed E-state index contributed by atoms with van der Waals surface area (Å²) in [7, 11) is -4.02. The van der Waals surface area contributed by atoms with Crippen molar-refractivity contribution >= 4 is 15.9 Å². The first-order valence-corrected chi connectivity index (χ1v) is 9.56. The molecule has 2 saturated heterocycles. The summed E-state index contributed by atoms with van der Waals surface area (Å²) in [6, 6.07) is 5.27. The lowest BCUT2D eigenvalue weighted by Crippen LogP contribution is -2.59. The molecule has 1 unspecified atom stereocenters. The number of benzene rings is 1. The molecule has 1 atom stereocenters. The zero-order chi connectivity index (χ0) is 18.1. The molecule has 0 saturated carbocycles. The van der Waals surface area contributed by atoms with Gasteiger partial charge in [-0.15, -0.1) is 0 Å². The number of carbonyl (C=O) groups excluding carboxylic acids is 1. The standard InChI is InChI=1S/C16H21FN2O5S/c1-13(20)18-7-4-9-23-16(11-18)12-19(8-10-24-16)25(21,22)15-6-3-2-5-14(15)17/h2-3,5-6H,4,7-12H2,1H3. The summed E-state index contributed by atoms with van der Waals surface area (Å²) < 4.78 is 52.3. The third-order valence-electron chi connectivity index (χ3n) is 4.39. The lowest BCUT2D eigenvalue weighted by atomic mass is 10.2. The maximum Gasteiger partial charge on any atom is 0.246 e. The van der Waals surface area contributed by atoms with Crippen molar-refractivity contribution in [1.82, 2.24) is 9.21 Å². The quantitative estimate of drug-likeness (QED) is 0.768. The highest BCUT2D eigenvalue weighted by molar-refractivity contribution is 7.89. The number of halogens is 1. The zero-order valence-electron chi connectivity index (χ0n) is 14.0. The Morgan fingerprint density at radius 3 is 2.60 bits per heavy atom. The number of carbonyl (C=O) groups is 1. The molecule has 0 N–H and O–H groups in total. The molecule has 2 heterocycles. The van der Waals surface area contributed by atoms with E-state index in [4.69, 9.17) is 9.47 Å². The van der Waals surface area contributed by atoms with Gasteiger partial charge in [0.2, 0.25) is 15.9 Å². The van der Waals surface area contributed by atoms with Crippen LogP contribution in [0.3, 0.4) is 0 Å². The van der Waals surface area contributed by atoms with Crippen LogP contribution < -0.4 is 0 Å². The molecular weight excluding hydrogens is 351 g/mol. The van der Waals surface area contributed by atoms with Gasteiger partial charge in [0, 0.05) is 20.0 Å². The lowest BCUT2D eigenvalue weighted by Gasteiger charge is -2.42. The second-order valence-electron chi connectivity index (χ2n) is 6.17. The summed E-state index contributed by atoms with van der Waals surface area (Å²) in [5, 5.41) is 0. The van der Waals surface area contributed by atoms with Crippen molar-refractivity contribution in [1.29, 1.82) is 0 Å². The monoisotopic (exact) mass is 372 g/mol. The number of rotatable bonds is 2. The molecule has 2 aliphatic heterocycles. The molecule has 3 rings (SSSR count). The number of hydrogen-bond donors (Lipinski definition) is 0. The van der Waals surface area contributed by atoms with Gasteiger partial charge in [0.25, 0.3) is 0 Å². The third kappa shape index (κ3) is 3.69. The predicted octanol–water partition coefficient (Wildman–Crippen LogP) is 0.812. The van der Waals surface area contributed by atoms with E-state index in [0.717, 1.165) is 6.07 Å². The molecule has 7 nitrogen and oxygen atoms in total. The fourth-order valence-corrected chi connectivity index (χ4v) is 4.63. The van der Waals surface area contributed by atoms with Crippen molar-refractivity contribution in [3.63, 3.8) is 0 Å². The van der Waals surface area contributed by atoms with Crippen LogP contribution in [0.2, 0.25) is 0 Å². The Balaban J connectivity index is 1.87. The Kier molecular flexibility index (Phi) is 5.10. The van der Waals surface area contributed by atoms with Gasteiger partial charge in [0.15, 0.2) is 5.79 Å². The van der Waals surface area contributed by atoms with Crippen LogP contribution in [0.4, 0.5) is 4.39 Å². The molecule has 25 heavy (non-hydrogen) atoms. The van der Waals surface area contributed by atoms with Crippen molar-refractivity contribution in [3.8, 4) is 0 Å². The van der Waals surface area contributed by atoms with Gasteiger partial charge in [-0.05, 0) is 18.6 Å². The van der Waals surface area contributed by atoms with E-state index >= 15 is 0 Å². The van der Waals surface area contributed by atoms with Crippen LogP contribution >= 0.6 is 0 Å². The molecule has 1 amide bonds. The van der Waals surface area contributed by atoms with Gasteiger partial charge in [0.05, 0.1) is 26.3 Å². The predicted molar refractivity (Wildman–Crippen MR) is 86.7 cm³/mol. The topological polar surface area (TPSA) is 76.2 Å². The fourth-order valence-electron chi connectivity index (χ4n) is 3.11. The second kappa shape index (κ2) is 6.99. The van der Waals surface area contributed by atoms with Crippen molar-refractivity contribution in [2.24, 2.45) is 0 Å². The van der Waals surface area contributed by atoms with Crippen molar-refractivity contribution in [2.45, 2.75) is 24.0 Å². The van der Waals surface area contributed by atoms with Gasteiger partial charge in [0.1, 0.15) is 10.7 Å². The molecular formula is C16H21FN2O5S. The van der Waals surface area contributed by atoms with E-state index in [-0.39, 0.29) is 37.0 Å². The molecule has 0 aromatic heterocycles. The maximum atomic E-state index is 14.0. The number of ether oxygens (including phenoxy) is 2. The molecule has 2 fully saturated rings. The van der Waals surface area contributed by atoms with Crippen LogP contribution in [0.5, 0.6) is 0 Å². The smallest absolute Gasteiger partial charge is 0.246 e.